The van der Waals surface area contributed by atoms with Gasteiger partial charge in [-0.3, -0.25) is 0 Å². The zero-order valence-electron chi connectivity index (χ0n) is 13.7. The summed E-state index contributed by atoms with van der Waals surface area (Å²) in [5.74, 6) is 0. The summed E-state index contributed by atoms with van der Waals surface area (Å²) in [6, 6.07) is 0. The van der Waals surface area contributed by atoms with Crippen molar-refractivity contribution in [3.63, 3.8) is 0 Å². The Morgan fingerprint density at radius 3 is 1.38 bits per heavy atom. The fraction of sp³-hybridized carbons (Fsp3) is 1.00. The van der Waals surface area contributed by atoms with E-state index in [9.17, 15) is 0 Å². The second kappa shape index (κ2) is 8.73. The first kappa shape index (κ1) is 17.5. The molecule has 4 nitrogen and oxygen atoms in total. The molecule has 0 amide bonds. The van der Waals surface area contributed by atoms with E-state index in [0.29, 0.717) is 34.9 Å². The Balaban J connectivity index is 1.90. The van der Waals surface area contributed by atoms with Gasteiger partial charge in [-0.2, -0.15) is 0 Å². The summed E-state index contributed by atoms with van der Waals surface area (Å²) < 4.78 is 22.4. The first-order valence-corrected chi connectivity index (χ1v) is 8.92. The van der Waals surface area contributed by atoms with Crippen molar-refractivity contribution in [2.24, 2.45) is 0 Å². The minimum absolute atomic E-state index is 0.298. The lowest BCUT2D eigenvalue weighted by Crippen LogP contribution is -2.42. The lowest BCUT2D eigenvalue weighted by Gasteiger charge is -2.40. The van der Waals surface area contributed by atoms with E-state index in [-0.39, 0.29) is 0 Å². The Morgan fingerprint density at radius 1 is 0.619 bits per heavy atom. The zero-order chi connectivity index (χ0) is 15.2. The van der Waals surface area contributed by atoms with E-state index in [1.807, 2.05) is 14.2 Å². The summed E-state index contributed by atoms with van der Waals surface area (Å²) in [5.41, 5.74) is 0. The van der Waals surface area contributed by atoms with Gasteiger partial charge in [0.1, 0.15) is 0 Å². The van der Waals surface area contributed by atoms with Gasteiger partial charge in [-0.05, 0) is 25.7 Å². The van der Waals surface area contributed by atoms with Crippen LogP contribution in [0.2, 0.25) is 0 Å². The van der Waals surface area contributed by atoms with Gasteiger partial charge >= 0.3 is 0 Å². The first-order chi connectivity index (χ1) is 10.2. The lowest BCUT2D eigenvalue weighted by molar-refractivity contribution is -0.0106. The topological polar surface area (TPSA) is 36.9 Å². The molecule has 124 valence electrons. The highest BCUT2D eigenvalue weighted by Gasteiger charge is 2.37. The summed E-state index contributed by atoms with van der Waals surface area (Å²) in [6.45, 7) is 0. The van der Waals surface area contributed by atoms with Gasteiger partial charge in [0.05, 0.1) is 24.4 Å². The molecule has 5 heteroatoms. The predicted molar refractivity (Wildman–Crippen MR) is 86.1 cm³/mol. The maximum Gasteiger partial charge on any atom is 0.0714 e. The Bertz CT molecular complexity index is 274. The number of methoxy groups -OCH3 is 4. The minimum Gasteiger partial charge on any atom is -0.381 e. The van der Waals surface area contributed by atoms with Crippen molar-refractivity contribution in [3.05, 3.63) is 0 Å². The van der Waals surface area contributed by atoms with Crippen molar-refractivity contribution in [1.82, 2.24) is 0 Å². The van der Waals surface area contributed by atoms with Crippen LogP contribution in [0.25, 0.3) is 0 Å². The van der Waals surface area contributed by atoms with Crippen LogP contribution < -0.4 is 0 Å². The van der Waals surface area contributed by atoms with Crippen molar-refractivity contribution >= 4 is 11.8 Å². The quantitative estimate of drug-likeness (QED) is 0.753. The number of hydrogen-bond acceptors (Lipinski definition) is 5. The number of ether oxygens (including phenoxy) is 4. The zero-order valence-corrected chi connectivity index (χ0v) is 14.6. The minimum atomic E-state index is 0.298. The summed E-state index contributed by atoms with van der Waals surface area (Å²) in [5, 5.41) is 1.12. The van der Waals surface area contributed by atoms with Crippen LogP contribution in [0.3, 0.4) is 0 Å². The van der Waals surface area contributed by atoms with E-state index < -0.39 is 0 Å². The molecule has 6 unspecified atom stereocenters. The molecule has 0 heterocycles. The molecular formula is C16H30O4S. The van der Waals surface area contributed by atoms with E-state index >= 15 is 0 Å². The first-order valence-electron chi connectivity index (χ1n) is 7.98. The molecular weight excluding hydrogens is 288 g/mol. The SMILES string of the molecule is COC1CCC(SC2CCC(OC)CC2OC)C(OC)C1. The molecule has 0 aromatic heterocycles. The summed E-state index contributed by atoms with van der Waals surface area (Å²) in [7, 11) is 7.26. The number of thioether (sulfide) groups is 1. The van der Waals surface area contributed by atoms with Gasteiger partial charge in [0.2, 0.25) is 0 Å². The molecule has 2 rings (SSSR count). The highest BCUT2D eigenvalue weighted by atomic mass is 32.2. The molecule has 6 atom stereocenters. The van der Waals surface area contributed by atoms with Crippen LogP contribution in [0.5, 0.6) is 0 Å². The van der Waals surface area contributed by atoms with E-state index in [1.54, 1.807) is 14.2 Å². The van der Waals surface area contributed by atoms with E-state index in [1.165, 1.54) is 12.8 Å². The molecule has 0 bridgehead atoms. The number of hydrogen-bond donors (Lipinski definition) is 0. The van der Waals surface area contributed by atoms with Gasteiger partial charge in [0.15, 0.2) is 0 Å². The summed E-state index contributed by atoms with van der Waals surface area (Å²) in [6.07, 6.45) is 7.94. The second-order valence-electron chi connectivity index (χ2n) is 6.10. The third-order valence-electron chi connectivity index (χ3n) is 4.99. The molecule has 0 aromatic carbocycles. The van der Waals surface area contributed by atoms with Crippen molar-refractivity contribution < 1.29 is 18.9 Å². The molecule has 21 heavy (non-hydrogen) atoms. The van der Waals surface area contributed by atoms with Crippen molar-refractivity contribution in [1.29, 1.82) is 0 Å². The van der Waals surface area contributed by atoms with Crippen molar-refractivity contribution in [2.75, 3.05) is 28.4 Å². The Kier molecular flexibility index (Phi) is 7.29. The van der Waals surface area contributed by atoms with Crippen molar-refractivity contribution in [3.8, 4) is 0 Å². The third kappa shape index (κ3) is 4.58. The van der Waals surface area contributed by atoms with Crippen LogP contribution in [0, 0.1) is 0 Å². The summed E-state index contributed by atoms with van der Waals surface area (Å²) in [4.78, 5) is 0. The molecule has 0 aromatic rings. The van der Waals surface area contributed by atoms with Crippen LogP contribution in [-0.4, -0.2) is 63.4 Å². The van der Waals surface area contributed by atoms with E-state index in [0.717, 1.165) is 25.7 Å². The maximum absolute atomic E-state index is 5.72. The molecule has 0 N–H and O–H groups in total. The van der Waals surface area contributed by atoms with Crippen LogP contribution in [0.1, 0.15) is 38.5 Å². The van der Waals surface area contributed by atoms with Crippen molar-refractivity contribution in [2.45, 2.75) is 73.4 Å². The molecule has 2 aliphatic rings. The monoisotopic (exact) mass is 318 g/mol. The smallest absolute Gasteiger partial charge is 0.0714 e. The number of rotatable bonds is 6. The van der Waals surface area contributed by atoms with Gasteiger partial charge in [-0.1, -0.05) is 0 Å². The fourth-order valence-corrected chi connectivity index (χ4v) is 5.38. The van der Waals surface area contributed by atoms with Crippen LogP contribution >= 0.6 is 11.8 Å². The molecule has 0 radical (unpaired) electrons. The molecule has 0 spiro atoms. The van der Waals surface area contributed by atoms with Crippen LogP contribution in [0.4, 0.5) is 0 Å². The van der Waals surface area contributed by atoms with Gasteiger partial charge in [0, 0.05) is 51.8 Å². The average Bonchev–Trinajstić information content (AvgIpc) is 2.55. The van der Waals surface area contributed by atoms with Gasteiger partial charge in [-0.15, -0.1) is 11.8 Å². The molecule has 0 aliphatic heterocycles. The largest absolute Gasteiger partial charge is 0.381 e. The highest BCUT2D eigenvalue weighted by Crippen LogP contribution is 2.40. The summed E-state index contributed by atoms with van der Waals surface area (Å²) >= 11 is 2.07. The standard InChI is InChI=1S/C16H30O4S/c1-17-11-5-7-15(13(9-11)19-3)21-16-8-6-12(18-2)10-14(16)20-4/h11-16H,5-10H2,1-4H3. The molecule has 0 saturated heterocycles. The Morgan fingerprint density at radius 2 is 1.05 bits per heavy atom. The van der Waals surface area contributed by atoms with Gasteiger partial charge in [0.25, 0.3) is 0 Å². The Hall–Kier alpha value is 0.190. The van der Waals surface area contributed by atoms with E-state index in [4.69, 9.17) is 18.9 Å². The van der Waals surface area contributed by atoms with Gasteiger partial charge < -0.3 is 18.9 Å². The normalized spacial score (nSPS) is 41.1. The van der Waals surface area contributed by atoms with E-state index in [2.05, 4.69) is 11.8 Å². The predicted octanol–water partition coefficient (Wildman–Crippen LogP) is 2.88. The maximum atomic E-state index is 5.72. The third-order valence-corrected chi connectivity index (χ3v) is 6.77. The second-order valence-corrected chi connectivity index (χ2v) is 7.59. The fourth-order valence-electron chi connectivity index (χ4n) is 3.59. The average molecular weight is 318 g/mol. The van der Waals surface area contributed by atoms with Crippen LogP contribution in [0.15, 0.2) is 0 Å². The highest BCUT2D eigenvalue weighted by molar-refractivity contribution is 8.00. The molecule has 2 saturated carbocycles. The van der Waals surface area contributed by atoms with Gasteiger partial charge in [-0.25, -0.2) is 0 Å². The molecule has 2 aliphatic carbocycles. The molecule has 2 fully saturated rings. The van der Waals surface area contributed by atoms with Crippen LogP contribution in [-0.2, 0) is 18.9 Å². The lowest BCUT2D eigenvalue weighted by atomic mass is 9.93. The Labute approximate surface area is 133 Å².